The van der Waals surface area contributed by atoms with E-state index in [0.29, 0.717) is 25.9 Å². The van der Waals surface area contributed by atoms with Gasteiger partial charge in [-0.15, -0.1) is 0 Å². The highest BCUT2D eigenvalue weighted by Gasteiger charge is 2.39. The molecule has 18 heavy (non-hydrogen) atoms. The first-order valence-corrected chi connectivity index (χ1v) is 8.02. The summed E-state index contributed by atoms with van der Waals surface area (Å²) >= 11 is 0. The largest absolute Gasteiger partial charge is 0.392 e. The standard InChI is InChI=1S/C11H20N2O4S/c1-11(3-5-18(16,17)8-11)12-10(15)7-13-4-2-9(14)6-13/h9,14H,2-8H2,1H3,(H,12,15)/t9-,11?/m0/s1. The molecule has 0 radical (unpaired) electrons. The fraction of sp³-hybridized carbons (Fsp3) is 0.909. The van der Waals surface area contributed by atoms with E-state index < -0.39 is 15.4 Å². The molecule has 2 fully saturated rings. The van der Waals surface area contributed by atoms with E-state index in [-0.39, 0.29) is 30.1 Å². The van der Waals surface area contributed by atoms with E-state index in [1.807, 2.05) is 4.90 Å². The average molecular weight is 276 g/mol. The van der Waals surface area contributed by atoms with Crippen molar-refractivity contribution in [2.75, 3.05) is 31.1 Å². The van der Waals surface area contributed by atoms with Crippen LogP contribution in [0, 0.1) is 0 Å². The highest BCUT2D eigenvalue weighted by Crippen LogP contribution is 2.22. The SMILES string of the molecule is CC1(NC(=O)CN2CC[C@H](O)C2)CCS(=O)(=O)C1. The molecular formula is C11H20N2O4S. The minimum Gasteiger partial charge on any atom is -0.392 e. The molecule has 0 aliphatic carbocycles. The van der Waals surface area contributed by atoms with Gasteiger partial charge in [-0.1, -0.05) is 0 Å². The molecule has 2 aliphatic heterocycles. The summed E-state index contributed by atoms with van der Waals surface area (Å²) in [4.78, 5) is 13.7. The second-order valence-corrected chi connectivity index (χ2v) is 7.81. The molecular weight excluding hydrogens is 256 g/mol. The summed E-state index contributed by atoms with van der Waals surface area (Å²) < 4.78 is 22.8. The van der Waals surface area contributed by atoms with Gasteiger partial charge in [-0.2, -0.15) is 0 Å². The molecule has 2 aliphatic rings. The molecule has 104 valence electrons. The molecule has 0 aromatic heterocycles. The Morgan fingerprint density at radius 3 is 2.78 bits per heavy atom. The highest BCUT2D eigenvalue weighted by molar-refractivity contribution is 7.91. The third-order valence-electron chi connectivity index (χ3n) is 3.56. The maximum atomic E-state index is 11.8. The number of aliphatic hydroxyl groups is 1. The monoisotopic (exact) mass is 276 g/mol. The number of likely N-dealkylation sites (tertiary alicyclic amines) is 1. The van der Waals surface area contributed by atoms with E-state index in [0.717, 1.165) is 0 Å². The Bertz CT molecular complexity index is 436. The topological polar surface area (TPSA) is 86.7 Å². The Morgan fingerprint density at radius 1 is 1.56 bits per heavy atom. The Balaban J connectivity index is 1.84. The zero-order valence-electron chi connectivity index (χ0n) is 10.6. The van der Waals surface area contributed by atoms with Crippen molar-refractivity contribution in [1.29, 1.82) is 0 Å². The molecule has 6 nitrogen and oxygen atoms in total. The maximum absolute atomic E-state index is 11.8. The van der Waals surface area contributed by atoms with E-state index in [1.54, 1.807) is 6.92 Å². The van der Waals surface area contributed by atoms with Gasteiger partial charge in [0.2, 0.25) is 5.91 Å². The zero-order chi connectivity index (χ0) is 13.4. The van der Waals surface area contributed by atoms with E-state index in [2.05, 4.69) is 5.32 Å². The van der Waals surface area contributed by atoms with Crippen molar-refractivity contribution < 1.29 is 18.3 Å². The highest BCUT2D eigenvalue weighted by atomic mass is 32.2. The summed E-state index contributed by atoms with van der Waals surface area (Å²) in [5, 5.41) is 12.2. The van der Waals surface area contributed by atoms with E-state index >= 15 is 0 Å². The minimum atomic E-state index is -3.00. The van der Waals surface area contributed by atoms with Crippen molar-refractivity contribution in [3.63, 3.8) is 0 Å². The first-order chi connectivity index (χ1) is 8.28. The van der Waals surface area contributed by atoms with Gasteiger partial charge in [0.05, 0.1) is 29.7 Å². The fourth-order valence-electron chi connectivity index (χ4n) is 2.64. The van der Waals surface area contributed by atoms with Crippen molar-refractivity contribution in [2.24, 2.45) is 0 Å². The van der Waals surface area contributed by atoms with Crippen molar-refractivity contribution in [3.05, 3.63) is 0 Å². The van der Waals surface area contributed by atoms with Gasteiger partial charge in [0.1, 0.15) is 0 Å². The lowest BCUT2D eigenvalue weighted by Gasteiger charge is -2.25. The fourth-order valence-corrected chi connectivity index (χ4v) is 4.74. The number of nitrogens with one attached hydrogen (secondary N) is 1. The molecule has 1 amide bonds. The zero-order valence-corrected chi connectivity index (χ0v) is 11.4. The van der Waals surface area contributed by atoms with Crippen molar-refractivity contribution in [1.82, 2.24) is 10.2 Å². The predicted molar refractivity (Wildman–Crippen MR) is 66.9 cm³/mol. The van der Waals surface area contributed by atoms with Gasteiger partial charge in [0.25, 0.3) is 0 Å². The average Bonchev–Trinajstić information content (AvgIpc) is 2.70. The number of aliphatic hydroxyl groups excluding tert-OH is 1. The molecule has 2 saturated heterocycles. The molecule has 2 heterocycles. The summed E-state index contributed by atoms with van der Waals surface area (Å²) in [6.45, 7) is 3.23. The van der Waals surface area contributed by atoms with Crippen LogP contribution >= 0.6 is 0 Å². The number of hydrogen-bond acceptors (Lipinski definition) is 5. The summed E-state index contributed by atoms with van der Waals surface area (Å²) in [7, 11) is -3.00. The second kappa shape index (κ2) is 4.79. The molecule has 0 bridgehead atoms. The molecule has 0 saturated carbocycles. The van der Waals surface area contributed by atoms with E-state index in [4.69, 9.17) is 0 Å². The molecule has 7 heteroatoms. The van der Waals surface area contributed by atoms with Crippen LogP contribution in [0.25, 0.3) is 0 Å². The lowest BCUT2D eigenvalue weighted by molar-refractivity contribution is -0.123. The summed E-state index contributed by atoms with van der Waals surface area (Å²) in [5.74, 6) is 0.00399. The van der Waals surface area contributed by atoms with Gasteiger partial charge < -0.3 is 10.4 Å². The van der Waals surface area contributed by atoms with Gasteiger partial charge in [-0.3, -0.25) is 9.69 Å². The van der Waals surface area contributed by atoms with E-state index in [1.165, 1.54) is 0 Å². The predicted octanol–water partition coefficient (Wildman–Crippen LogP) is -1.25. The molecule has 1 unspecified atom stereocenters. The second-order valence-electron chi connectivity index (χ2n) is 5.63. The van der Waals surface area contributed by atoms with Gasteiger partial charge in [0.15, 0.2) is 9.84 Å². The molecule has 2 rings (SSSR count). The molecule has 2 N–H and O–H groups in total. The Labute approximate surface area is 107 Å². The number of hydrogen-bond donors (Lipinski definition) is 2. The normalized spacial score (nSPS) is 35.8. The summed E-state index contributed by atoms with van der Waals surface area (Å²) in [6, 6.07) is 0. The quantitative estimate of drug-likeness (QED) is 0.672. The van der Waals surface area contributed by atoms with Crippen LogP contribution in [0.2, 0.25) is 0 Å². The van der Waals surface area contributed by atoms with Crippen LogP contribution in [0.3, 0.4) is 0 Å². The van der Waals surface area contributed by atoms with Crippen LogP contribution in [-0.4, -0.2) is 67.1 Å². The molecule has 0 spiro atoms. The number of sulfone groups is 1. The Morgan fingerprint density at radius 2 is 2.28 bits per heavy atom. The van der Waals surface area contributed by atoms with Gasteiger partial charge in [-0.25, -0.2) is 8.42 Å². The van der Waals surface area contributed by atoms with Crippen LogP contribution in [0.5, 0.6) is 0 Å². The third kappa shape index (κ3) is 3.43. The van der Waals surface area contributed by atoms with Gasteiger partial charge in [0, 0.05) is 13.1 Å². The third-order valence-corrected chi connectivity index (χ3v) is 5.46. The number of carbonyl (C=O) groups excluding carboxylic acids is 1. The van der Waals surface area contributed by atoms with E-state index in [9.17, 15) is 18.3 Å². The number of carbonyl (C=O) groups is 1. The van der Waals surface area contributed by atoms with Crippen LogP contribution in [-0.2, 0) is 14.6 Å². The number of β-amino-alcohol motifs (C(OH)–C–C–N with tert-alkyl or cyclic N) is 1. The minimum absolute atomic E-state index is 0.0222. The maximum Gasteiger partial charge on any atom is 0.234 e. The van der Waals surface area contributed by atoms with Crippen molar-refractivity contribution in [2.45, 2.75) is 31.4 Å². The summed E-state index contributed by atoms with van der Waals surface area (Å²) in [5.41, 5.74) is -0.631. The number of nitrogens with zero attached hydrogens (tertiary/aromatic N) is 1. The summed E-state index contributed by atoms with van der Waals surface area (Å²) in [6.07, 6.45) is 0.822. The first kappa shape index (κ1) is 13.8. The van der Waals surface area contributed by atoms with Crippen LogP contribution in [0.15, 0.2) is 0 Å². The van der Waals surface area contributed by atoms with Gasteiger partial charge in [-0.05, 0) is 19.8 Å². The molecule has 0 aromatic carbocycles. The smallest absolute Gasteiger partial charge is 0.234 e. The van der Waals surface area contributed by atoms with Crippen LogP contribution in [0.1, 0.15) is 19.8 Å². The Kier molecular flexibility index (Phi) is 3.66. The lowest BCUT2D eigenvalue weighted by atomic mass is 10.0. The van der Waals surface area contributed by atoms with Crippen LogP contribution < -0.4 is 5.32 Å². The Hall–Kier alpha value is -0.660. The number of rotatable bonds is 3. The number of amides is 1. The van der Waals surface area contributed by atoms with Crippen molar-refractivity contribution >= 4 is 15.7 Å². The first-order valence-electron chi connectivity index (χ1n) is 6.20. The van der Waals surface area contributed by atoms with Crippen molar-refractivity contribution in [3.8, 4) is 0 Å². The van der Waals surface area contributed by atoms with Gasteiger partial charge >= 0.3 is 0 Å². The molecule has 2 atom stereocenters. The van der Waals surface area contributed by atoms with Crippen LogP contribution in [0.4, 0.5) is 0 Å². The lowest BCUT2D eigenvalue weighted by Crippen LogP contribution is -2.50. The molecule has 0 aromatic rings.